The van der Waals surface area contributed by atoms with Gasteiger partial charge in [0.15, 0.2) is 0 Å². The molecule has 0 radical (unpaired) electrons. The standard InChI is InChI=1S/C24H22N4OS/c29-24(11-12-28-16-27-21-8-3-4-9-22(21)28)26-15-19(23-10-5-13-30-23)18-14-25-20-7-2-1-6-17(18)20/h1-10,13-14,16,19,25H,11-12,15H2,(H,26,29). The molecule has 0 spiro atoms. The maximum Gasteiger partial charge on any atom is 0.221 e. The third kappa shape index (κ3) is 3.62. The fourth-order valence-electron chi connectivity index (χ4n) is 3.95. The smallest absolute Gasteiger partial charge is 0.221 e. The van der Waals surface area contributed by atoms with Crippen LogP contribution in [0.2, 0.25) is 0 Å². The van der Waals surface area contributed by atoms with E-state index in [1.54, 1.807) is 17.7 Å². The van der Waals surface area contributed by atoms with E-state index in [4.69, 9.17) is 0 Å². The van der Waals surface area contributed by atoms with Crippen molar-refractivity contribution in [2.24, 2.45) is 0 Å². The van der Waals surface area contributed by atoms with Crippen LogP contribution in [0.4, 0.5) is 0 Å². The average Bonchev–Trinajstić information content (AvgIpc) is 3.53. The highest BCUT2D eigenvalue weighted by atomic mass is 32.1. The van der Waals surface area contributed by atoms with Gasteiger partial charge < -0.3 is 14.9 Å². The fourth-order valence-corrected chi connectivity index (χ4v) is 4.80. The number of amides is 1. The summed E-state index contributed by atoms with van der Waals surface area (Å²) in [5.41, 5.74) is 4.34. The number of rotatable bonds is 7. The highest BCUT2D eigenvalue weighted by molar-refractivity contribution is 7.10. The number of benzene rings is 2. The number of hydrogen-bond donors (Lipinski definition) is 2. The minimum Gasteiger partial charge on any atom is -0.361 e. The van der Waals surface area contributed by atoms with E-state index in [-0.39, 0.29) is 11.8 Å². The van der Waals surface area contributed by atoms with E-state index in [1.165, 1.54) is 15.8 Å². The molecule has 5 nitrogen and oxygen atoms in total. The van der Waals surface area contributed by atoms with Crippen molar-refractivity contribution < 1.29 is 4.79 Å². The molecule has 30 heavy (non-hydrogen) atoms. The number of hydrogen-bond acceptors (Lipinski definition) is 3. The minimum atomic E-state index is 0.0502. The molecule has 1 atom stereocenters. The SMILES string of the molecule is O=C(CCn1cnc2ccccc21)NCC(c1cccs1)c1c[nH]c2ccccc12. The predicted molar refractivity (Wildman–Crippen MR) is 122 cm³/mol. The second kappa shape index (κ2) is 8.16. The van der Waals surface area contributed by atoms with Gasteiger partial charge in [0.2, 0.25) is 5.91 Å². The molecule has 3 aromatic heterocycles. The van der Waals surface area contributed by atoms with Gasteiger partial charge in [0.05, 0.1) is 17.4 Å². The molecule has 0 aliphatic heterocycles. The van der Waals surface area contributed by atoms with Crippen LogP contribution in [-0.4, -0.2) is 27.0 Å². The third-order valence-corrected chi connectivity index (χ3v) is 6.48. The van der Waals surface area contributed by atoms with E-state index in [0.717, 1.165) is 16.6 Å². The van der Waals surface area contributed by atoms with Crippen LogP contribution in [0.5, 0.6) is 0 Å². The fraction of sp³-hybridized carbons (Fsp3) is 0.167. The second-order valence-electron chi connectivity index (χ2n) is 7.34. The molecule has 1 amide bonds. The highest BCUT2D eigenvalue weighted by Crippen LogP contribution is 2.32. The molecule has 5 aromatic rings. The zero-order chi connectivity index (χ0) is 20.3. The molecule has 2 N–H and O–H groups in total. The van der Waals surface area contributed by atoms with Crippen LogP contribution < -0.4 is 5.32 Å². The Morgan fingerprint density at radius 3 is 2.87 bits per heavy atom. The summed E-state index contributed by atoms with van der Waals surface area (Å²) in [6.45, 7) is 1.19. The first kappa shape index (κ1) is 18.6. The normalized spacial score (nSPS) is 12.4. The summed E-state index contributed by atoms with van der Waals surface area (Å²) in [7, 11) is 0. The van der Waals surface area contributed by atoms with E-state index in [1.807, 2.05) is 34.9 Å². The lowest BCUT2D eigenvalue weighted by Gasteiger charge is -2.16. The molecule has 0 saturated carbocycles. The van der Waals surface area contributed by atoms with Crippen LogP contribution in [0.1, 0.15) is 22.8 Å². The van der Waals surface area contributed by atoms with Gasteiger partial charge in [0, 0.05) is 47.4 Å². The lowest BCUT2D eigenvalue weighted by molar-refractivity contribution is -0.121. The molecular weight excluding hydrogens is 392 g/mol. The van der Waals surface area contributed by atoms with Crippen molar-refractivity contribution in [3.8, 4) is 0 Å². The number of thiophene rings is 1. The summed E-state index contributed by atoms with van der Waals surface area (Å²) < 4.78 is 2.03. The Kier molecular flexibility index (Phi) is 5.07. The number of nitrogens with one attached hydrogen (secondary N) is 2. The number of carbonyl (C=O) groups is 1. The van der Waals surface area contributed by atoms with Crippen LogP contribution >= 0.6 is 11.3 Å². The van der Waals surface area contributed by atoms with E-state index >= 15 is 0 Å². The zero-order valence-corrected chi connectivity index (χ0v) is 17.2. The van der Waals surface area contributed by atoms with Crippen molar-refractivity contribution in [3.63, 3.8) is 0 Å². The van der Waals surface area contributed by atoms with Gasteiger partial charge in [0.25, 0.3) is 0 Å². The van der Waals surface area contributed by atoms with Crippen molar-refractivity contribution in [1.29, 1.82) is 0 Å². The van der Waals surface area contributed by atoms with Gasteiger partial charge in [-0.15, -0.1) is 11.3 Å². The first-order valence-corrected chi connectivity index (χ1v) is 10.9. The summed E-state index contributed by atoms with van der Waals surface area (Å²) in [4.78, 5) is 21.6. The molecule has 5 rings (SSSR count). The second-order valence-corrected chi connectivity index (χ2v) is 8.32. The monoisotopic (exact) mass is 414 g/mol. The molecular formula is C24H22N4OS. The summed E-state index contributed by atoms with van der Waals surface area (Å²) in [6, 6.07) is 20.5. The number of aromatic amines is 1. The Morgan fingerprint density at radius 2 is 1.97 bits per heavy atom. The zero-order valence-electron chi connectivity index (χ0n) is 16.4. The topological polar surface area (TPSA) is 62.7 Å². The van der Waals surface area contributed by atoms with E-state index in [2.05, 4.69) is 57.2 Å². The first-order valence-electron chi connectivity index (χ1n) is 10.1. The van der Waals surface area contributed by atoms with Crippen molar-refractivity contribution >= 4 is 39.2 Å². The molecule has 150 valence electrons. The Hall–Kier alpha value is -3.38. The van der Waals surface area contributed by atoms with Crippen molar-refractivity contribution in [3.05, 3.63) is 89.0 Å². The lowest BCUT2D eigenvalue weighted by atomic mass is 9.96. The molecule has 3 heterocycles. The van der Waals surface area contributed by atoms with E-state index in [9.17, 15) is 4.79 Å². The number of aryl methyl sites for hydroxylation is 1. The molecule has 1 unspecified atom stereocenters. The third-order valence-electron chi connectivity index (χ3n) is 5.49. The first-order chi connectivity index (χ1) is 14.8. The minimum absolute atomic E-state index is 0.0502. The maximum atomic E-state index is 12.6. The Labute approximate surface area is 178 Å². The Balaban J connectivity index is 1.29. The average molecular weight is 415 g/mol. The van der Waals surface area contributed by atoms with Crippen LogP contribution in [0.25, 0.3) is 21.9 Å². The summed E-state index contributed by atoms with van der Waals surface area (Å²) >= 11 is 1.72. The van der Waals surface area contributed by atoms with Crippen LogP contribution in [0.3, 0.4) is 0 Å². The van der Waals surface area contributed by atoms with E-state index in [0.29, 0.717) is 19.5 Å². The van der Waals surface area contributed by atoms with Gasteiger partial charge in [-0.05, 0) is 35.2 Å². The Morgan fingerprint density at radius 1 is 1.10 bits per heavy atom. The largest absolute Gasteiger partial charge is 0.361 e. The van der Waals surface area contributed by atoms with E-state index < -0.39 is 0 Å². The summed E-state index contributed by atoms with van der Waals surface area (Å²) in [6.07, 6.45) is 4.29. The van der Waals surface area contributed by atoms with Crippen molar-refractivity contribution in [2.75, 3.05) is 6.54 Å². The number of carbonyl (C=O) groups excluding carboxylic acids is 1. The number of imidazole rings is 1. The van der Waals surface area contributed by atoms with Crippen molar-refractivity contribution in [1.82, 2.24) is 19.9 Å². The van der Waals surface area contributed by atoms with Crippen LogP contribution in [-0.2, 0) is 11.3 Å². The maximum absolute atomic E-state index is 12.6. The summed E-state index contributed by atoms with van der Waals surface area (Å²) in [5.74, 6) is 0.174. The van der Waals surface area contributed by atoms with Gasteiger partial charge in [-0.1, -0.05) is 36.4 Å². The lowest BCUT2D eigenvalue weighted by Crippen LogP contribution is -2.29. The van der Waals surface area contributed by atoms with Gasteiger partial charge in [-0.25, -0.2) is 4.98 Å². The molecule has 0 fully saturated rings. The molecule has 0 bridgehead atoms. The number of nitrogens with zero attached hydrogens (tertiary/aromatic N) is 2. The number of H-pyrrole nitrogens is 1. The van der Waals surface area contributed by atoms with Crippen LogP contribution in [0, 0.1) is 0 Å². The molecule has 2 aromatic carbocycles. The van der Waals surface area contributed by atoms with Crippen LogP contribution in [0.15, 0.2) is 78.6 Å². The molecule has 0 saturated heterocycles. The number of aromatic nitrogens is 3. The quantitative estimate of drug-likeness (QED) is 0.397. The molecule has 0 aliphatic carbocycles. The van der Waals surface area contributed by atoms with Gasteiger partial charge in [-0.3, -0.25) is 4.79 Å². The number of para-hydroxylation sites is 3. The predicted octanol–water partition coefficient (Wildman–Crippen LogP) is 4.92. The highest BCUT2D eigenvalue weighted by Gasteiger charge is 2.20. The van der Waals surface area contributed by atoms with Gasteiger partial charge in [0.1, 0.15) is 0 Å². The molecule has 0 aliphatic rings. The van der Waals surface area contributed by atoms with Gasteiger partial charge in [-0.2, -0.15) is 0 Å². The van der Waals surface area contributed by atoms with Gasteiger partial charge >= 0.3 is 0 Å². The molecule has 6 heteroatoms. The van der Waals surface area contributed by atoms with Crippen molar-refractivity contribution in [2.45, 2.75) is 18.9 Å². The Bertz CT molecular complexity index is 1290. The number of fused-ring (bicyclic) bond motifs is 2. The summed E-state index contributed by atoms with van der Waals surface area (Å²) in [5, 5.41) is 6.44.